The summed E-state index contributed by atoms with van der Waals surface area (Å²) in [5.74, 6) is -0.00360. The predicted octanol–water partition coefficient (Wildman–Crippen LogP) is 5.23. The normalized spacial score (nSPS) is 11.5. The van der Waals surface area contributed by atoms with E-state index in [1.54, 1.807) is 18.2 Å². The number of benzene rings is 2. The van der Waals surface area contributed by atoms with Gasteiger partial charge in [0.15, 0.2) is 6.61 Å². The maximum absolute atomic E-state index is 13.7. The molecule has 0 unspecified atom stereocenters. The second-order valence-corrected chi connectivity index (χ2v) is 8.84. The number of aryl methyl sites for hydroxylation is 2. The van der Waals surface area contributed by atoms with Crippen molar-refractivity contribution in [2.45, 2.75) is 20.3 Å². The minimum atomic E-state index is -0.467. The van der Waals surface area contributed by atoms with Gasteiger partial charge in [-0.25, -0.2) is 14.4 Å². The van der Waals surface area contributed by atoms with Crippen LogP contribution >= 0.6 is 23.2 Å². The number of anilines is 1. The summed E-state index contributed by atoms with van der Waals surface area (Å²) in [4.78, 5) is 28.9. The number of carbonyl (C=O) groups is 1. The Hall–Kier alpha value is -3.69. The van der Waals surface area contributed by atoms with Crippen LogP contribution in [0.25, 0.3) is 10.9 Å². The maximum Gasteiger partial charge on any atom is 0.264 e. The molecule has 2 aromatic carbocycles. The first-order valence-corrected chi connectivity index (χ1v) is 11.8. The highest BCUT2D eigenvalue weighted by Gasteiger charge is 2.12. The van der Waals surface area contributed by atoms with Gasteiger partial charge in [-0.3, -0.25) is 20.4 Å². The van der Waals surface area contributed by atoms with Gasteiger partial charge in [-0.05, 0) is 68.3 Å². The number of H-pyrrole nitrogens is 1. The Morgan fingerprint density at radius 1 is 1.11 bits per heavy atom. The Morgan fingerprint density at radius 2 is 1.89 bits per heavy atom. The van der Waals surface area contributed by atoms with Crippen LogP contribution in [0.3, 0.4) is 0 Å². The summed E-state index contributed by atoms with van der Waals surface area (Å²) in [5, 5.41) is 7.19. The fraction of sp³-hybridized carbons (Fsp3) is 0.200. The minimum Gasteiger partial charge on any atom is -0.482 e. The molecule has 0 aliphatic heterocycles. The molecule has 0 bridgehead atoms. The van der Waals surface area contributed by atoms with E-state index < -0.39 is 5.91 Å². The molecule has 8 nitrogen and oxygen atoms in total. The quantitative estimate of drug-likeness (QED) is 0.225. The van der Waals surface area contributed by atoms with Crippen LogP contribution in [-0.4, -0.2) is 40.0 Å². The third-order valence-corrected chi connectivity index (χ3v) is 5.63. The van der Waals surface area contributed by atoms with Crippen LogP contribution in [0.4, 0.5) is 10.3 Å². The average molecular weight is 529 g/mol. The highest BCUT2D eigenvalue weighted by molar-refractivity contribution is 6.35. The van der Waals surface area contributed by atoms with Crippen LogP contribution in [0.1, 0.15) is 17.0 Å². The van der Waals surface area contributed by atoms with Crippen molar-refractivity contribution in [2.24, 2.45) is 4.99 Å². The highest BCUT2D eigenvalue weighted by Crippen LogP contribution is 2.27. The lowest BCUT2D eigenvalue weighted by atomic mass is 10.1. The molecule has 0 radical (unpaired) electrons. The van der Waals surface area contributed by atoms with E-state index in [4.69, 9.17) is 27.9 Å². The standard InChI is InChI=1S/C25H23Cl2FN6O2/c1-14-9-15(2)32-25(31-14)34-24(33-23(35)13-36-22-6-3-17(26)10-20(22)27)29-8-7-16-12-30-21-5-4-18(28)11-19(16)21/h3-6,9-12,30H,7-8,13H2,1-2H3,(H2,29,31,32,33,34,35). The number of aliphatic imine (C=N–C) groups is 1. The van der Waals surface area contributed by atoms with Crippen molar-refractivity contribution in [2.75, 3.05) is 18.5 Å². The lowest BCUT2D eigenvalue weighted by Crippen LogP contribution is -2.39. The van der Waals surface area contributed by atoms with Gasteiger partial charge in [-0.2, -0.15) is 0 Å². The van der Waals surface area contributed by atoms with E-state index in [-0.39, 0.29) is 18.4 Å². The number of hydrogen-bond donors (Lipinski definition) is 3. The molecule has 2 aromatic heterocycles. The third kappa shape index (κ3) is 6.71. The van der Waals surface area contributed by atoms with Crippen molar-refractivity contribution < 1.29 is 13.9 Å². The number of aromatic nitrogens is 3. The van der Waals surface area contributed by atoms with Crippen LogP contribution in [0.2, 0.25) is 10.0 Å². The van der Waals surface area contributed by atoms with Crippen LogP contribution in [0.5, 0.6) is 5.75 Å². The van der Waals surface area contributed by atoms with E-state index in [2.05, 4.69) is 30.6 Å². The molecule has 0 fully saturated rings. The number of aromatic amines is 1. The number of ether oxygens (including phenoxy) is 1. The summed E-state index contributed by atoms with van der Waals surface area (Å²) in [6.07, 6.45) is 2.33. The largest absolute Gasteiger partial charge is 0.482 e. The van der Waals surface area contributed by atoms with Gasteiger partial charge >= 0.3 is 0 Å². The number of amides is 1. The second-order valence-electron chi connectivity index (χ2n) is 8.00. The smallest absolute Gasteiger partial charge is 0.264 e. The van der Waals surface area contributed by atoms with Crippen molar-refractivity contribution in [1.29, 1.82) is 0 Å². The number of guanidine groups is 1. The molecule has 0 saturated carbocycles. The average Bonchev–Trinajstić information content (AvgIpc) is 3.19. The molecule has 186 valence electrons. The highest BCUT2D eigenvalue weighted by atomic mass is 35.5. The van der Waals surface area contributed by atoms with Gasteiger partial charge in [0, 0.05) is 40.1 Å². The molecule has 0 saturated heterocycles. The predicted molar refractivity (Wildman–Crippen MR) is 139 cm³/mol. The molecular weight excluding hydrogens is 506 g/mol. The Morgan fingerprint density at radius 3 is 2.64 bits per heavy atom. The molecule has 4 aromatic rings. The molecule has 0 aliphatic rings. The number of rotatable bonds is 7. The number of fused-ring (bicyclic) bond motifs is 1. The first-order chi connectivity index (χ1) is 17.3. The minimum absolute atomic E-state index is 0.154. The molecule has 2 heterocycles. The number of nitrogens with zero attached hydrogens (tertiary/aromatic N) is 3. The molecule has 1 amide bonds. The lowest BCUT2D eigenvalue weighted by molar-refractivity contribution is -0.121. The SMILES string of the molecule is Cc1cc(C)nc(NC(=NCCc2c[nH]c3ccc(F)cc23)NC(=O)COc2ccc(Cl)cc2Cl)n1. The zero-order valence-corrected chi connectivity index (χ0v) is 21.0. The summed E-state index contributed by atoms with van der Waals surface area (Å²) >= 11 is 12.0. The van der Waals surface area contributed by atoms with Crippen LogP contribution in [0, 0.1) is 19.7 Å². The zero-order valence-electron chi connectivity index (χ0n) is 19.5. The zero-order chi connectivity index (χ0) is 25.7. The van der Waals surface area contributed by atoms with Crippen molar-refractivity contribution in [3.63, 3.8) is 0 Å². The molecular formula is C25H23Cl2FN6O2. The van der Waals surface area contributed by atoms with Gasteiger partial charge < -0.3 is 9.72 Å². The summed E-state index contributed by atoms with van der Waals surface area (Å²) < 4.78 is 19.2. The summed E-state index contributed by atoms with van der Waals surface area (Å²) in [5.41, 5.74) is 3.26. The summed E-state index contributed by atoms with van der Waals surface area (Å²) in [7, 11) is 0. The van der Waals surface area contributed by atoms with E-state index in [0.717, 1.165) is 27.9 Å². The first kappa shape index (κ1) is 25.4. The van der Waals surface area contributed by atoms with E-state index in [9.17, 15) is 9.18 Å². The van der Waals surface area contributed by atoms with Gasteiger partial charge in [0.25, 0.3) is 5.91 Å². The Balaban J connectivity index is 1.47. The second kappa shape index (κ2) is 11.4. The molecule has 0 aliphatic carbocycles. The Bertz CT molecular complexity index is 1420. The summed E-state index contributed by atoms with van der Waals surface area (Å²) in [6, 6.07) is 11.1. The maximum atomic E-state index is 13.7. The number of carbonyl (C=O) groups excluding carboxylic acids is 1. The number of halogens is 3. The third-order valence-electron chi connectivity index (χ3n) is 5.10. The molecule has 0 atom stereocenters. The van der Waals surface area contributed by atoms with Gasteiger partial charge in [-0.1, -0.05) is 23.2 Å². The molecule has 36 heavy (non-hydrogen) atoms. The Kier molecular flexibility index (Phi) is 8.02. The van der Waals surface area contributed by atoms with Crippen molar-refractivity contribution in [3.8, 4) is 5.75 Å². The van der Waals surface area contributed by atoms with Crippen LogP contribution in [0.15, 0.2) is 53.7 Å². The van der Waals surface area contributed by atoms with E-state index in [1.165, 1.54) is 18.2 Å². The molecule has 4 rings (SSSR count). The van der Waals surface area contributed by atoms with E-state index in [1.807, 2.05) is 26.1 Å². The molecule has 11 heteroatoms. The first-order valence-electron chi connectivity index (χ1n) is 11.0. The monoisotopic (exact) mass is 528 g/mol. The lowest BCUT2D eigenvalue weighted by Gasteiger charge is -2.12. The van der Waals surface area contributed by atoms with Crippen molar-refractivity contribution in [1.82, 2.24) is 20.3 Å². The topological polar surface area (TPSA) is 104 Å². The van der Waals surface area contributed by atoms with E-state index >= 15 is 0 Å². The van der Waals surface area contributed by atoms with Crippen molar-refractivity contribution >= 4 is 51.9 Å². The van der Waals surface area contributed by atoms with Crippen LogP contribution < -0.4 is 15.4 Å². The van der Waals surface area contributed by atoms with Gasteiger partial charge in [0.2, 0.25) is 11.9 Å². The van der Waals surface area contributed by atoms with Gasteiger partial charge in [0.05, 0.1) is 5.02 Å². The fourth-order valence-corrected chi connectivity index (χ4v) is 4.01. The van der Waals surface area contributed by atoms with Crippen LogP contribution in [-0.2, 0) is 11.2 Å². The van der Waals surface area contributed by atoms with E-state index in [0.29, 0.717) is 34.7 Å². The molecule has 0 spiro atoms. The summed E-state index contributed by atoms with van der Waals surface area (Å²) in [6.45, 7) is 3.68. The number of nitrogens with one attached hydrogen (secondary N) is 3. The fourth-order valence-electron chi connectivity index (χ4n) is 3.55. The number of hydrogen-bond acceptors (Lipinski definition) is 5. The molecule has 3 N–H and O–H groups in total. The van der Waals surface area contributed by atoms with Gasteiger partial charge in [0.1, 0.15) is 11.6 Å². The van der Waals surface area contributed by atoms with Crippen molar-refractivity contribution in [3.05, 3.63) is 81.5 Å². The Labute approximate surface area is 216 Å². The van der Waals surface area contributed by atoms with Gasteiger partial charge in [-0.15, -0.1) is 0 Å².